The van der Waals surface area contributed by atoms with Gasteiger partial charge in [-0.2, -0.15) is 0 Å². The molecule has 0 saturated carbocycles. The summed E-state index contributed by atoms with van der Waals surface area (Å²) in [4.78, 5) is 2.32. The zero-order valence-corrected chi connectivity index (χ0v) is 10.8. The molecular weight excluding hydrogens is 206 g/mol. The molecule has 0 saturated heterocycles. The molecule has 0 aromatic rings. The molecule has 0 aliphatic rings. The molecule has 4 heteroatoms. The van der Waals surface area contributed by atoms with Gasteiger partial charge in [0, 0.05) is 26.9 Å². The summed E-state index contributed by atoms with van der Waals surface area (Å²) in [5.41, 5.74) is 0. The highest BCUT2D eigenvalue weighted by Gasteiger charge is 1.98. The Kier molecular flexibility index (Phi) is 12.8. The van der Waals surface area contributed by atoms with E-state index >= 15 is 0 Å². The molecule has 0 radical (unpaired) electrons. The van der Waals surface area contributed by atoms with Gasteiger partial charge in [-0.25, -0.2) is 0 Å². The lowest BCUT2D eigenvalue weighted by Crippen LogP contribution is -2.22. The van der Waals surface area contributed by atoms with E-state index in [0.717, 1.165) is 39.0 Å². The van der Waals surface area contributed by atoms with Crippen molar-refractivity contribution in [2.24, 2.45) is 0 Å². The zero-order valence-electron chi connectivity index (χ0n) is 10.8. The van der Waals surface area contributed by atoms with E-state index in [9.17, 15) is 0 Å². The Morgan fingerprint density at radius 1 is 0.938 bits per heavy atom. The van der Waals surface area contributed by atoms with Crippen molar-refractivity contribution in [3.8, 4) is 0 Å². The first kappa shape index (κ1) is 15.8. The molecule has 0 aliphatic heterocycles. The van der Waals surface area contributed by atoms with Gasteiger partial charge in [0.15, 0.2) is 0 Å². The van der Waals surface area contributed by atoms with Crippen LogP contribution in [0.2, 0.25) is 0 Å². The molecule has 0 aliphatic carbocycles. The van der Waals surface area contributed by atoms with Crippen molar-refractivity contribution in [1.82, 2.24) is 4.90 Å². The van der Waals surface area contributed by atoms with E-state index in [1.54, 1.807) is 7.11 Å². The summed E-state index contributed by atoms with van der Waals surface area (Å²) in [5, 5.41) is 8.64. The molecule has 0 aromatic carbocycles. The maximum Gasteiger partial charge on any atom is 0.0700 e. The van der Waals surface area contributed by atoms with Crippen LogP contribution < -0.4 is 0 Å². The van der Waals surface area contributed by atoms with Crippen molar-refractivity contribution in [3.05, 3.63) is 0 Å². The Balaban J connectivity index is 3.08. The fraction of sp³-hybridized carbons (Fsp3) is 1.00. The first-order valence-electron chi connectivity index (χ1n) is 6.17. The van der Waals surface area contributed by atoms with Gasteiger partial charge in [-0.1, -0.05) is 0 Å². The number of hydrogen-bond donors (Lipinski definition) is 1. The highest BCUT2D eigenvalue weighted by atomic mass is 16.5. The first-order chi connectivity index (χ1) is 7.81. The van der Waals surface area contributed by atoms with E-state index in [1.165, 1.54) is 6.42 Å². The second-order valence-corrected chi connectivity index (χ2v) is 4.05. The van der Waals surface area contributed by atoms with Crippen LogP contribution in [0.5, 0.6) is 0 Å². The number of aliphatic hydroxyl groups excluding tert-OH is 1. The number of unbranched alkanes of at least 4 members (excludes halogenated alkanes) is 2. The Morgan fingerprint density at radius 2 is 1.69 bits per heavy atom. The Bertz CT molecular complexity index is 133. The Labute approximate surface area is 99.5 Å². The van der Waals surface area contributed by atoms with Crippen LogP contribution in [0.4, 0.5) is 0 Å². The van der Waals surface area contributed by atoms with Crippen molar-refractivity contribution < 1.29 is 14.6 Å². The average molecular weight is 233 g/mol. The van der Waals surface area contributed by atoms with Crippen molar-refractivity contribution in [3.63, 3.8) is 0 Å². The van der Waals surface area contributed by atoms with Crippen molar-refractivity contribution >= 4 is 0 Å². The summed E-state index contributed by atoms with van der Waals surface area (Å²) in [6.45, 7) is 4.68. The normalized spacial score (nSPS) is 11.2. The molecule has 0 unspecified atom stereocenters. The van der Waals surface area contributed by atoms with Crippen LogP contribution in [0.3, 0.4) is 0 Å². The summed E-state index contributed by atoms with van der Waals surface area (Å²) < 4.78 is 10.3. The Hall–Kier alpha value is -0.160. The van der Waals surface area contributed by atoms with Gasteiger partial charge in [0.25, 0.3) is 0 Å². The van der Waals surface area contributed by atoms with Crippen molar-refractivity contribution in [2.75, 3.05) is 53.7 Å². The van der Waals surface area contributed by atoms with Crippen molar-refractivity contribution in [2.45, 2.75) is 25.7 Å². The fourth-order valence-electron chi connectivity index (χ4n) is 1.46. The molecule has 0 amide bonds. The second-order valence-electron chi connectivity index (χ2n) is 4.05. The standard InChI is InChI=1S/C12H27NO3/c1-13(7-4-3-5-9-14)8-6-10-16-12-11-15-2/h14H,3-12H2,1-2H3. The molecule has 16 heavy (non-hydrogen) atoms. The van der Waals surface area contributed by atoms with Crippen LogP contribution in [-0.4, -0.2) is 63.7 Å². The van der Waals surface area contributed by atoms with Crippen LogP contribution >= 0.6 is 0 Å². The third-order valence-electron chi connectivity index (χ3n) is 2.46. The molecule has 0 atom stereocenters. The van der Waals surface area contributed by atoms with Crippen LogP contribution in [-0.2, 0) is 9.47 Å². The highest BCUT2D eigenvalue weighted by Crippen LogP contribution is 1.97. The third-order valence-corrected chi connectivity index (χ3v) is 2.46. The minimum absolute atomic E-state index is 0.317. The molecule has 0 fully saturated rings. The van der Waals surface area contributed by atoms with E-state index in [0.29, 0.717) is 19.8 Å². The quantitative estimate of drug-likeness (QED) is 0.513. The van der Waals surface area contributed by atoms with Crippen LogP contribution in [0.15, 0.2) is 0 Å². The average Bonchev–Trinajstić information content (AvgIpc) is 2.29. The smallest absolute Gasteiger partial charge is 0.0700 e. The molecular formula is C12H27NO3. The van der Waals surface area contributed by atoms with E-state index in [2.05, 4.69) is 11.9 Å². The molecule has 0 rings (SSSR count). The summed E-state index contributed by atoms with van der Waals surface area (Å²) in [5.74, 6) is 0. The number of ether oxygens (including phenoxy) is 2. The number of aliphatic hydroxyl groups is 1. The van der Waals surface area contributed by atoms with Gasteiger partial charge in [0.05, 0.1) is 13.2 Å². The van der Waals surface area contributed by atoms with Gasteiger partial charge >= 0.3 is 0 Å². The lowest BCUT2D eigenvalue weighted by atomic mass is 10.2. The largest absolute Gasteiger partial charge is 0.396 e. The predicted octanol–water partition coefficient (Wildman–Crippen LogP) is 1.13. The minimum atomic E-state index is 0.317. The van der Waals surface area contributed by atoms with Gasteiger partial charge in [0.2, 0.25) is 0 Å². The van der Waals surface area contributed by atoms with Crippen LogP contribution in [0.1, 0.15) is 25.7 Å². The van der Waals surface area contributed by atoms with Gasteiger partial charge in [-0.05, 0) is 39.3 Å². The molecule has 0 bridgehead atoms. The van der Waals surface area contributed by atoms with Crippen LogP contribution in [0, 0.1) is 0 Å². The van der Waals surface area contributed by atoms with E-state index in [1.807, 2.05) is 0 Å². The van der Waals surface area contributed by atoms with Crippen molar-refractivity contribution in [1.29, 1.82) is 0 Å². The molecule has 98 valence electrons. The van der Waals surface area contributed by atoms with Gasteiger partial charge < -0.3 is 19.5 Å². The monoisotopic (exact) mass is 233 g/mol. The van der Waals surface area contributed by atoms with E-state index < -0.39 is 0 Å². The predicted molar refractivity (Wildman–Crippen MR) is 65.7 cm³/mol. The molecule has 0 heterocycles. The topological polar surface area (TPSA) is 41.9 Å². The minimum Gasteiger partial charge on any atom is -0.396 e. The first-order valence-corrected chi connectivity index (χ1v) is 6.17. The SMILES string of the molecule is COCCOCCCN(C)CCCCCO. The summed E-state index contributed by atoms with van der Waals surface area (Å²) in [6, 6.07) is 0. The lowest BCUT2D eigenvalue weighted by molar-refractivity contribution is 0.0662. The number of rotatable bonds is 12. The molecule has 0 aromatic heterocycles. The highest BCUT2D eigenvalue weighted by molar-refractivity contribution is 4.52. The van der Waals surface area contributed by atoms with Gasteiger partial charge in [-0.15, -0.1) is 0 Å². The maximum absolute atomic E-state index is 8.64. The molecule has 4 nitrogen and oxygen atoms in total. The summed E-state index contributed by atoms with van der Waals surface area (Å²) in [6.07, 6.45) is 4.28. The van der Waals surface area contributed by atoms with E-state index in [4.69, 9.17) is 14.6 Å². The number of nitrogens with zero attached hydrogens (tertiary/aromatic N) is 1. The summed E-state index contributed by atoms with van der Waals surface area (Å²) in [7, 11) is 3.82. The van der Waals surface area contributed by atoms with Crippen LogP contribution in [0.25, 0.3) is 0 Å². The van der Waals surface area contributed by atoms with Gasteiger partial charge in [0.1, 0.15) is 0 Å². The summed E-state index contributed by atoms with van der Waals surface area (Å²) >= 11 is 0. The lowest BCUT2D eigenvalue weighted by Gasteiger charge is -2.16. The molecule has 0 spiro atoms. The second kappa shape index (κ2) is 12.9. The zero-order chi connectivity index (χ0) is 12.1. The third kappa shape index (κ3) is 11.9. The number of methoxy groups -OCH3 is 1. The van der Waals surface area contributed by atoms with Gasteiger partial charge in [-0.3, -0.25) is 0 Å². The number of hydrogen-bond acceptors (Lipinski definition) is 4. The van der Waals surface area contributed by atoms with E-state index in [-0.39, 0.29) is 0 Å². The molecule has 1 N–H and O–H groups in total. The maximum atomic E-state index is 8.64. The fourth-order valence-corrected chi connectivity index (χ4v) is 1.46. The Morgan fingerprint density at radius 3 is 2.38 bits per heavy atom.